The number of aliphatic carboxylic acids is 1. The third-order valence-corrected chi connectivity index (χ3v) is 3.83. The Labute approximate surface area is 102 Å². The van der Waals surface area contributed by atoms with Gasteiger partial charge in [-0.2, -0.15) is 0 Å². The Morgan fingerprint density at radius 3 is 2.87 bits per heavy atom. The highest BCUT2D eigenvalue weighted by atomic mass is 79.9. The summed E-state index contributed by atoms with van der Waals surface area (Å²) < 4.78 is 1.12. The Bertz CT molecular complexity index is 327. The highest BCUT2D eigenvalue weighted by molar-refractivity contribution is 9.10. The molecule has 1 rings (SSSR count). The molecule has 0 amide bonds. The van der Waals surface area contributed by atoms with E-state index in [-0.39, 0.29) is 6.42 Å². The van der Waals surface area contributed by atoms with Crippen LogP contribution in [0.5, 0.6) is 0 Å². The van der Waals surface area contributed by atoms with Gasteiger partial charge in [-0.15, -0.1) is 11.3 Å². The fourth-order valence-corrected chi connectivity index (χ4v) is 2.63. The normalized spacial score (nSPS) is 10.9. The van der Waals surface area contributed by atoms with E-state index in [1.807, 2.05) is 11.9 Å². The highest BCUT2D eigenvalue weighted by Gasteiger charge is 2.03. The summed E-state index contributed by atoms with van der Waals surface area (Å²) in [7, 11) is 1.95. The lowest BCUT2D eigenvalue weighted by molar-refractivity contribution is -0.137. The Morgan fingerprint density at radius 2 is 2.33 bits per heavy atom. The maximum atomic E-state index is 10.4. The highest BCUT2D eigenvalue weighted by Crippen LogP contribution is 2.20. The van der Waals surface area contributed by atoms with Crippen LogP contribution in [0.2, 0.25) is 0 Å². The molecule has 5 heteroatoms. The summed E-state index contributed by atoms with van der Waals surface area (Å²) in [4.78, 5) is 13.7. The maximum Gasteiger partial charge on any atom is 0.304 e. The topological polar surface area (TPSA) is 40.5 Å². The summed E-state index contributed by atoms with van der Waals surface area (Å²) in [5.74, 6) is -0.735. The largest absolute Gasteiger partial charge is 0.481 e. The van der Waals surface area contributed by atoms with Gasteiger partial charge in [-0.3, -0.25) is 4.79 Å². The number of nitrogens with zero attached hydrogens (tertiary/aromatic N) is 1. The summed E-state index contributed by atoms with van der Waals surface area (Å²) in [6, 6.07) is 2.11. The van der Waals surface area contributed by atoms with Crippen LogP contribution in [0.3, 0.4) is 0 Å². The molecule has 1 heterocycles. The van der Waals surface area contributed by atoms with Gasteiger partial charge in [-0.05, 0) is 35.5 Å². The van der Waals surface area contributed by atoms with Crippen molar-refractivity contribution in [3.8, 4) is 0 Å². The van der Waals surface area contributed by atoms with Crippen LogP contribution >= 0.6 is 27.3 Å². The summed E-state index contributed by atoms with van der Waals surface area (Å²) in [5, 5.41) is 10.6. The van der Waals surface area contributed by atoms with Gasteiger partial charge in [0.1, 0.15) is 0 Å². The van der Waals surface area contributed by atoms with E-state index in [0.717, 1.165) is 17.4 Å². The molecule has 1 aromatic heterocycles. The molecule has 0 saturated heterocycles. The first-order valence-corrected chi connectivity index (χ1v) is 6.38. The molecule has 0 atom stereocenters. The van der Waals surface area contributed by atoms with Crippen molar-refractivity contribution in [2.45, 2.75) is 12.8 Å². The van der Waals surface area contributed by atoms with Crippen LogP contribution in [0.25, 0.3) is 0 Å². The second-order valence-electron chi connectivity index (χ2n) is 3.43. The van der Waals surface area contributed by atoms with Gasteiger partial charge in [0.15, 0.2) is 0 Å². The lowest BCUT2D eigenvalue weighted by Gasteiger charge is -2.14. The predicted octanol–water partition coefficient (Wildman–Crippen LogP) is 2.46. The van der Waals surface area contributed by atoms with Gasteiger partial charge in [-0.25, -0.2) is 0 Å². The minimum Gasteiger partial charge on any atom is -0.481 e. The van der Waals surface area contributed by atoms with Crippen LogP contribution in [-0.4, -0.2) is 36.1 Å². The average molecular weight is 292 g/mol. The zero-order chi connectivity index (χ0) is 11.3. The molecule has 1 aromatic rings. The fourth-order valence-electron chi connectivity index (χ4n) is 1.18. The van der Waals surface area contributed by atoms with Crippen LogP contribution in [0.1, 0.15) is 11.3 Å². The van der Waals surface area contributed by atoms with E-state index >= 15 is 0 Å². The van der Waals surface area contributed by atoms with Gasteiger partial charge in [0.2, 0.25) is 0 Å². The predicted molar refractivity (Wildman–Crippen MR) is 65.5 cm³/mol. The molecule has 0 aliphatic heterocycles. The zero-order valence-corrected chi connectivity index (χ0v) is 11.0. The van der Waals surface area contributed by atoms with E-state index in [1.165, 1.54) is 4.88 Å². The molecular weight excluding hydrogens is 278 g/mol. The second-order valence-corrected chi connectivity index (χ2v) is 5.34. The summed E-state index contributed by atoms with van der Waals surface area (Å²) in [5.41, 5.74) is 0. The number of hydrogen-bond acceptors (Lipinski definition) is 3. The lowest BCUT2D eigenvalue weighted by Crippen LogP contribution is -2.23. The van der Waals surface area contributed by atoms with Crippen molar-refractivity contribution in [1.82, 2.24) is 4.90 Å². The molecule has 0 aliphatic rings. The molecule has 0 saturated carbocycles. The average Bonchev–Trinajstić information content (AvgIpc) is 2.58. The van der Waals surface area contributed by atoms with E-state index in [4.69, 9.17) is 5.11 Å². The monoisotopic (exact) mass is 291 g/mol. The third-order valence-electron chi connectivity index (χ3n) is 2.07. The number of thiophene rings is 1. The first kappa shape index (κ1) is 12.7. The maximum absolute atomic E-state index is 10.4. The summed E-state index contributed by atoms with van der Waals surface area (Å²) >= 11 is 5.13. The minimum absolute atomic E-state index is 0.213. The number of rotatable bonds is 6. The standard InChI is InChI=1S/C10H14BrNO2S/c1-12(5-3-10(13)14)4-2-9-6-8(11)7-15-9/h6-7H,2-5H2,1H3,(H,13,14). The molecule has 3 nitrogen and oxygen atoms in total. The van der Waals surface area contributed by atoms with E-state index in [1.54, 1.807) is 11.3 Å². The molecule has 0 fully saturated rings. The number of carbonyl (C=O) groups is 1. The number of carboxylic acids is 1. The van der Waals surface area contributed by atoms with Crippen LogP contribution in [0.15, 0.2) is 15.9 Å². The smallest absolute Gasteiger partial charge is 0.304 e. The molecule has 15 heavy (non-hydrogen) atoms. The molecule has 1 N–H and O–H groups in total. The van der Waals surface area contributed by atoms with Crippen LogP contribution in [-0.2, 0) is 11.2 Å². The van der Waals surface area contributed by atoms with Crippen molar-refractivity contribution >= 4 is 33.2 Å². The first-order chi connectivity index (χ1) is 7.08. The first-order valence-electron chi connectivity index (χ1n) is 4.71. The molecule has 0 radical (unpaired) electrons. The Morgan fingerprint density at radius 1 is 1.60 bits per heavy atom. The van der Waals surface area contributed by atoms with E-state index in [0.29, 0.717) is 6.54 Å². The lowest BCUT2D eigenvalue weighted by atomic mass is 10.3. The van der Waals surface area contributed by atoms with Crippen LogP contribution < -0.4 is 0 Å². The van der Waals surface area contributed by atoms with Crippen molar-refractivity contribution in [3.05, 3.63) is 20.8 Å². The van der Waals surface area contributed by atoms with Gasteiger partial charge in [-0.1, -0.05) is 0 Å². The van der Waals surface area contributed by atoms with Crippen molar-refractivity contribution < 1.29 is 9.90 Å². The van der Waals surface area contributed by atoms with E-state index in [9.17, 15) is 4.79 Å². The van der Waals surface area contributed by atoms with Crippen LogP contribution in [0, 0.1) is 0 Å². The second kappa shape index (κ2) is 6.25. The Hall–Kier alpha value is -0.390. The van der Waals surface area contributed by atoms with Crippen molar-refractivity contribution in [2.24, 2.45) is 0 Å². The third kappa shape index (κ3) is 5.30. The van der Waals surface area contributed by atoms with Crippen LogP contribution in [0.4, 0.5) is 0 Å². The number of likely N-dealkylation sites (N-methyl/N-ethyl adjacent to an activating group) is 1. The Kier molecular flexibility index (Phi) is 5.28. The molecule has 0 aromatic carbocycles. The van der Waals surface area contributed by atoms with E-state index in [2.05, 4.69) is 27.4 Å². The van der Waals surface area contributed by atoms with Gasteiger partial charge in [0, 0.05) is 27.8 Å². The van der Waals surface area contributed by atoms with Gasteiger partial charge >= 0.3 is 5.97 Å². The number of halogens is 1. The molecule has 0 aliphatic carbocycles. The zero-order valence-electron chi connectivity index (χ0n) is 8.57. The SMILES string of the molecule is CN(CCC(=O)O)CCc1cc(Br)cs1. The summed E-state index contributed by atoms with van der Waals surface area (Å²) in [6.45, 7) is 1.52. The van der Waals surface area contributed by atoms with Crippen molar-refractivity contribution in [2.75, 3.05) is 20.1 Å². The minimum atomic E-state index is -0.735. The molecule has 0 spiro atoms. The fraction of sp³-hybridized carbons (Fsp3) is 0.500. The van der Waals surface area contributed by atoms with Gasteiger partial charge in [0.05, 0.1) is 6.42 Å². The number of hydrogen-bond donors (Lipinski definition) is 1. The van der Waals surface area contributed by atoms with Gasteiger partial charge < -0.3 is 10.0 Å². The molecule has 0 bridgehead atoms. The molecule has 0 unspecified atom stereocenters. The van der Waals surface area contributed by atoms with Crippen molar-refractivity contribution in [1.29, 1.82) is 0 Å². The summed E-state index contributed by atoms with van der Waals surface area (Å²) in [6.07, 6.45) is 1.19. The van der Waals surface area contributed by atoms with Crippen molar-refractivity contribution in [3.63, 3.8) is 0 Å². The quantitative estimate of drug-likeness (QED) is 0.875. The van der Waals surface area contributed by atoms with E-state index < -0.39 is 5.97 Å². The number of carboxylic acid groups (broad SMARTS) is 1. The molecular formula is C10H14BrNO2S. The molecule has 84 valence electrons. The van der Waals surface area contributed by atoms with Gasteiger partial charge in [0.25, 0.3) is 0 Å². The Balaban J connectivity index is 2.22.